The number of halogens is 2. The van der Waals surface area contributed by atoms with Crippen molar-refractivity contribution in [2.45, 2.75) is 6.54 Å². The lowest BCUT2D eigenvalue weighted by Crippen LogP contribution is -2.24. The minimum Gasteiger partial charge on any atom is -0.378 e. The highest BCUT2D eigenvalue weighted by molar-refractivity contribution is 6.43. The monoisotopic (exact) mass is 485 g/mol. The molecule has 0 aliphatic heterocycles. The SMILES string of the molecule is CN(Cc1c(C(=O)N/N=C/c2cccc(Cl)c2Cl)nnn1-c1nonc1N)c1ccccc1. The molecule has 0 bridgehead atoms. The quantitative estimate of drug-likeness (QED) is 0.300. The maximum Gasteiger partial charge on any atom is 0.293 e. The van der Waals surface area contributed by atoms with Crippen molar-refractivity contribution in [2.75, 3.05) is 17.7 Å². The van der Waals surface area contributed by atoms with Gasteiger partial charge in [-0.25, -0.2) is 10.1 Å². The molecule has 0 radical (unpaired) electrons. The zero-order valence-corrected chi connectivity index (χ0v) is 18.7. The first-order chi connectivity index (χ1) is 16.0. The van der Waals surface area contributed by atoms with E-state index in [9.17, 15) is 4.79 Å². The molecule has 0 saturated carbocycles. The lowest BCUT2D eigenvalue weighted by molar-refractivity contribution is 0.0949. The second kappa shape index (κ2) is 9.67. The Hall–Kier alpha value is -3.96. The summed E-state index contributed by atoms with van der Waals surface area (Å²) < 4.78 is 5.98. The average Bonchev–Trinajstić information content (AvgIpc) is 3.42. The molecule has 0 saturated heterocycles. The first kappa shape index (κ1) is 22.2. The molecule has 4 aromatic rings. The molecule has 11 nitrogen and oxygen atoms in total. The second-order valence-electron chi connectivity index (χ2n) is 6.80. The van der Waals surface area contributed by atoms with Crippen LogP contribution in [0.25, 0.3) is 5.82 Å². The van der Waals surface area contributed by atoms with Crippen molar-refractivity contribution in [1.82, 2.24) is 30.7 Å². The molecule has 1 amide bonds. The maximum atomic E-state index is 12.9. The van der Waals surface area contributed by atoms with Crippen molar-refractivity contribution >= 4 is 46.8 Å². The molecule has 0 aliphatic rings. The number of carbonyl (C=O) groups is 1. The van der Waals surface area contributed by atoms with Gasteiger partial charge in [0.2, 0.25) is 11.6 Å². The minimum atomic E-state index is -0.595. The Morgan fingerprint density at radius 3 is 2.73 bits per heavy atom. The Kier molecular flexibility index (Phi) is 6.52. The van der Waals surface area contributed by atoms with Crippen LogP contribution in [-0.2, 0) is 6.54 Å². The molecule has 0 spiro atoms. The fraction of sp³-hybridized carbons (Fsp3) is 0.100. The van der Waals surface area contributed by atoms with Crippen LogP contribution in [-0.4, -0.2) is 44.5 Å². The van der Waals surface area contributed by atoms with Crippen LogP contribution >= 0.6 is 23.2 Å². The van der Waals surface area contributed by atoms with E-state index in [0.29, 0.717) is 21.3 Å². The minimum absolute atomic E-state index is 0.00379. The third kappa shape index (κ3) is 4.78. The number of nitrogen functional groups attached to an aromatic ring is 1. The summed E-state index contributed by atoms with van der Waals surface area (Å²) in [6.45, 7) is 0.246. The predicted molar refractivity (Wildman–Crippen MR) is 124 cm³/mol. The predicted octanol–water partition coefficient (Wildman–Crippen LogP) is 2.94. The maximum absolute atomic E-state index is 12.9. The molecule has 2 aromatic heterocycles. The van der Waals surface area contributed by atoms with Crippen LogP contribution in [0.1, 0.15) is 21.7 Å². The van der Waals surface area contributed by atoms with Gasteiger partial charge in [0.1, 0.15) is 0 Å². The number of nitrogens with one attached hydrogen (secondary N) is 1. The van der Waals surface area contributed by atoms with Gasteiger partial charge in [0.15, 0.2) is 5.69 Å². The molecule has 3 N–H and O–H groups in total. The summed E-state index contributed by atoms with van der Waals surface area (Å²) in [5.41, 5.74) is 10.1. The topological polar surface area (TPSA) is 140 Å². The van der Waals surface area contributed by atoms with Gasteiger partial charge in [0.25, 0.3) is 5.91 Å². The summed E-state index contributed by atoms with van der Waals surface area (Å²) in [7, 11) is 1.86. The molecule has 33 heavy (non-hydrogen) atoms. The summed E-state index contributed by atoms with van der Waals surface area (Å²) in [5.74, 6) is -0.474. The summed E-state index contributed by atoms with van der Waals surface area (Å²) in [5, 5.41) is 20.0. The number of hydrogen-bond donors (Lipinski definition) is 2. The van der Waals surface area contributed by atoms with Crippen LogP contribution < -0.4 is 16.1 Å². The molecular weight excluding hydrogens is 469 g/mol. The average molecular weight is 486 g/mol. The van der Waals surface area contributed by atoms with Crippen molar-refractivity contribution in [3.05, 3.63) is 75.5 Å². The fourth-order valence-electron chi connectivity index (χ4n) is 2.96. The van der Waals surface area contributed by atoms with E-state index < -0.39 is 5.91 Å². The van der Waals surface area contributed by atoms with E-state index in [1.54, 1.807) is 18.2 Å². The van der Waals surface area contributed by atoms with E-state index in [0.717, 1.165) is 5.69 Å². The smallest absolute Gasteiger partial charge is 0.293 e. The highest BCUT2D eigenvalue weighted by Crippen LogP contribution is 2.24. The summed E-state index contributed by atoms with van der Waals surface area (Å²) in [6.07, 6.45) is 1.38. The zero-order chi connectivity index (χ0) is 23.4. The van der Waals surface area contributed by atoms with Crippen molar-refractivity contribution in [3.8, 4) is 5.82 Å². The highest BCUT2D eigenvalue weighted by atomic mass is 35.5. The summed E-state index contributed by atoms with van der Waals surface area (Å²) in [6, 6.07) is 14.7. The molecule has 0 unspecified atom stereocenters. The lowest BCUT2D eigenvalue weighted by Gasteiger charge is -2.19. The number of nitrogens with two attached hydrogens (primary N) is 1. The van der Waals surface area contributed by atoms with Crippen molar-refractivity contribution < 1.29 is 9.42 Å². The Balaban J connectivity index is 1.62. The van der Waals surface area contributed by atoms with Gasteiger partial charge in [-0.15, -0.1) is 5.10 Å². The third-order valence-electron chi connectivity index (χ3n) is 4.61. The summed E-state index contributed by atoms with van der Waals surface area (Å²) in [4.78, 5) is 14.8. The fourth-order valence-corrected chi connectivity index (χ4v) is 3.32. The van der Waals surface area contributed by atoms with Crippen molar-refractivity contribution in [3.63, 3.8) is 0 Å². The largest absolute Gasteiger partial charge is 0.378 e. The molecular formula is C20H17Cl2N9O2. The van der Waals surface area contributed by atoms with Gasteiger partial charge in [-0.3, -0.25) is 4.79 Å². The molecule has 0 aliphatic carbocycles. The van der Waals surface area contributed by atoms with Crippen molar-refractivity contribution in [1.29, 1.82) is 0 Å². The van der Waals surface area contributed by atoms with Gasteiger partial charge in [0, 0.05) is 18.3 Å². The molecule has 2 heterocycles. The number of para-hydroxylation sites is 1. The van der Waals surface area contributed by atoms with Gasteiger partial charge in [-0.1, -0.05) is 58.7 Å². The first-order valence-electron chi connectivity index (χ1n) is 9.52. The van der Waals surface area contributed by atoms with Crippen LogP contribution in [0.5, 0.6) is 0 Å². The first-order valence-corrected chi connectivity index (χ1v) is 10.3. The van der Waals surface area contributed by atoms with Gasteiger partial charge < -0.3 is 10.6 Å². The molecule has 0 atom stereocenters. The normalized spacial score (nSPS) is 11.1. The summed E-state index contributed by atoms with van der Waals surface area (Å²) >= 11 is 12.1. The van der Waals surface area contributed by atoms with E-state index in [4.69, 9.17) is 28.9 Å². The highest BCUT2D eigenvalue weighted by Gasteiger charge is 2.25. The number of hydrazone groups is 1. The van der Waals surface area contributed by atoms with Gasteiger partial charge in [-0.2, -0.15) is 9.78 Å². The Morgan fingerprint density at radius 2 is 2.00 bits per heavy atom. The number of carbonyl (C=O) groups excluding carboxylic acids is 1. The van der Waals surface area contributed by atoms with Crippen LogP contribution in [0, 0.1) is 0 Å². The van der Waals surface area contributed by atoms with Crippen LogP contribution in [0.2, 0.25) is 10.0 Å². The number of anilines is 2. The number of aromatic nitrogens is 5. The Labute approximate surface area is 197 Å². The van der Waals surface area contributed by atoms with E-state index in [1.807, 2.05) is 42.3 Å². The molecule has 168 valence electrons. The number of hydrogen-bond acceptors (Lipinski definition) is 9. The second-order valence-corrected chi connectivity index (χ2v) is 7.59. The number of benzene rings is 2. The Morgan fingerprint density at radius 1 is 1.21 bits per heavy atom. The van der Waals surface area contributed by atoms with Gasteiger partial charge in [-0.05, 0) is 28.5 Å². The molecule has 4 rings (SSSR count). The molecule has 0 fully saturated rings. The number of rotatable bonds is 7. The van der Waals surface area contributed by atoms with Crippen LogP contribution in [0.3, 0.4) is 0 Å². The van der Waals surface area contributed by atoms with Crippen LogP contribution in [0.15, 0.2) is 58.3 Å². The lowest BCUT2D eigenvalue weighted by atomic mass is 10.2. The van der Waals surface area contributed by atoms with Crippen LogP contribution in [0.4, 0.5) is 11.5 Å². The van der Waals surface area contributed by atoms with E-state index >= 15 is 0 Å². The van der Waals surface area contributed by atoms with E-state index in [2.05, 4.69) is 35.8 Å². The molecule has 2 aromatic carbocycles. The van der Waals surface area contributed by atoms with Crippen molar-refractivity contribution in [2.24, 2.45) is 5.10 Å². The standard InChI is InChI=1S/C20H17Cl2N9O2/c1-30(13-7-3-2-4-8-13)11-15-17(25-29-31(15)19-18(23)27-33-28-19)20(32)26-24-10-12-6-5-9-14(21)16(12)22/h2-10H,11H2,1H3,(H2,23,27)(H,26,32)/b24-10+. The Bertz CT molecular complexity index is 1300. The third-order valence-corrected chi connectivity index (χ3v) is 5.44. The number of nitrogens with zero attached hydrogens (tertiary/aromatic N) is 7. The van der Waals surface area contributed by atoms with E-state index in [1.165, 1.54) is 10.9 Å². The number of amides is 1. The van der Waals surface area contributed by atoms with Gasteiger partial charge >= 0.3 is 0 Å². The zero-order valence-electron chi connectivity index (χ0n) is 17.2. The van der Waals surface area contributed by atoms with E-state index in [-0.39, 0.29) is 23.9 Å². The molecule has 13 heteroatoms. The van der Waals surface area contributed by atoms with Gasteiger partial charge in [0.05, 0.1) is 28.5 Å².